The molecule has 0 spiro atoms. The normalized spacial score (nSPS) is 9.60. The van der Waals surface area contributed by atoms with Crippen LogP contribution in [-0.2, 0) is 0 Å². The summed E-state index contributed by atoms with van der Waals surface area (Å²) in [5.74, 6) is 0. The van der Waals surface area contributed by atoms with Crippen LogP contribution in [-0.4, -0.2) is 18.2 Å². The molecule has 0 unspecified atom stereocenters. The van der Waals surface area contributed by atoms with Gasteiger partial charge in [-0.25, -0.2) is 0 Å². The molecule has 0 aromatic carbocycles. The molecule has 0 N–H and O–H groups in total. The summed E-state index contributed by atoms with van der Waals surface area (Å²) in [7, 11) is 9.81. The topological polar surface area (TPSA) is 0 Å². The maximum Gasteiger partial charge on any atom is 0.618 e. The average molecular weight is 263 g/mol. The third-order valence-corrected chi connectivity index (χ3v) is 2.02. The van der Waals surface area contributed by atoms with Gasteiger partial charge < -0.3 is 18.1 Å². The van der Waals surface area contributed by atoms with Gasteiger partial charge in [0.15, 0.2) is 0 Å². The van der Waals surface area contributed by atoms with Crippen molar-refractivity contribution in [3.8, 4) is 0 Å². The van der Waals surface area contributed by atoms with Crippen LogP contribution in [0, 0.1) is 6.92 Å². The van der Waals surface area contributed by atoms with E-state index in [1.807, 2.05) is 0 Å². The zero-order valence-corrected chi connectivity index (χ0v) is 12.9. The van der Waals surface area contributed by atoms with Crippen LogP contribution in [0.2, 0.25) is 0 Å². The summed E-state index contributed by atoms with van der Waals surface area (Å²) in [6.45, 7) is 6.02. The van der Waals surface area contributed by atoms with Crippen LogP contribution >= 0.6 is 18.1 Å². The first kappa shape index (κ1) is 18.5. The Balaban J connectivity index is 0. The Morgan fingerprint density at radius 2 is 1.53 bits per heavy atom. The second-order valence-electron chi connectivity index (χ2n) is 3.39. The van der Waals surface area contributed by atoms with E-state index in [2.05, 4.69) is 26.0 Å². The molecule has 0 aliphatic carbocycles. The van der Waals surface area contributed by atoms with E-state index in [-0.39, 0.29) is 0 Å². The van der Waals surface area contributed by atoms with Gasteiger partial charge in [0.25, 0.3) is 0 Å². The predicted molar refractivity (Wildman–Crippen MR) is 74.6 cm³/mol. The molecule has 0 nitrogen and oxygen atoms in total. The van der Waals surface area contributed by atoms with E-state index >= 15 is 0 Å². The Kier molecular flexibility index (Phi) is 25.2. The van der Waals surface area contributed by atoms with Gasteiger partial charge in [-0.05, 0) is 19.3 Å². The lowest BCUT2D eigenvalue weighted by Gasteiger charge is -1.97. The van der Waals surface area contributed by atoms with Gasteiger partial charge in [0.1, 0.15) is 0 Å². The van der Waals surface area contributed by atoms with Gasteiger partial charge in [-0.1, -0.05) is 58.1 Å². The van der Waals surface area contributed by atoms with Crippen LogP contribution in [0.4, 0.5) is 0 Å². The molecular formula is C12H23Cl2Mg. The van der Waals surface area contributed by atoms with Crippen LogP contribution in [0.1, 0.15) is 58.3 Å². The zero-order chi connectivity index (χ0) is 11.8. The molecule has 0 heterocycles. The lowest BCUT2D eigenvalue weighted by molar-refractivity contribution is 0.621. The zero-order valence-electron chi connectivity index (χ0n) is 9.98. The van der Waals surface area contributed by atoms with Crippen molar-refractivity contribution in [1.82, 2.24) is 0 Å². The van der Waals surface area contributed by atoms with Gasteiger partial charge in [-0.2, -0.15) is 0 Å². The molecule has 0 rings (SSSR count). The van der Waals surface area contributed by atoms with Crippen molar-refractivity contribution in [3.63, 3.8) is 0 Å². The highest BCUT2D eigenvalue weighted by Crippen LogP contribution is 2.06. The van der Waals surface area contributed by atoms with Crippen molar-refractivity contribution >= 4 is 36.3 Å². The van der Waals surface area contributed by atoms with Gasteiger partial charge in [0.2, 0.25) is 0 Å². The maximum absolute atomic E-state index is 4.90. The monoisotopic (exact) mass is 261 g/mol. The molecule has 0 aliphatic rings. The predicted octanol–water partition coefficient (Wildman–Crippen LogP) is 5.52. The van der Waals surface area contributed by atoms with E-state index in [0.717, 1.165) is 6.42 Å². The Bertz CT molecular complexity index is 116. The van der Waals surface area contributed by atoms with E-state index in [9.17, 15) is 0 Å². The van der Waals surface area contributed by atoms with E-state index in [1.165, 1.54) is 44.9 Å². The highest BCUT2D eigenvalue weighted by Gasteiger charge is 1.87. The minimum Gasteiger partial charge on any atom is -0.309 e. The largest absolute Gasteiger partial charge is 0.618 e. The highest BCUT2D eigenvalue weighted by atomic mass is 35.6. The minimum absolute atomic E-state index is 0.639. The quantitative estimate of drug-likeness (QED) is 0.307. The Morgan fingerprint density at radius 1 is 1.00 bits per heavy atom. The molecule has 0 atom stereocenters. The van der Waals surface area contributed by atoms with Crippen molar-refractivity contribution in [2.45, 2.75) is 58.3 Å². The van der Waals surface area contributed by atoms with Crippen molar-refractivity contribution in [3.05, 3.63) is 19.1 Å². The summed E-state index contributed by atoms with van der Waals surface area (Å²) in [4.78, 5) is 0. The van der Waals surface area contributed by atoms with E-state index in [4.69, 9.17) is 18.1 Å². The number of hydrogen-bond acceptors (Lipinski definition) is 0. The summed E-state index contributed by atoms with van der Waals surface area (Å²) < 4.78 is 0. The van der Waals surface area contributed by atoms with E-state index in [0.29, 0.717) is 0 Å². The summed E-state index contributed by atoms with van der Waals surface area (Å²) in [5, 5.41) is 0. The van der Waals surface area contributed by atoms with Crippen molar-refractivity contribution in [1.29, 1.82) is 0 Å². The Hall–Kier alpha value is 1.09. The van der Waals surface area contributed by atoms with Crippen molar-refractivity contribution in [2.24, 2.45) is 0 Å². The summed E-state index contributed by atoms with van der Waals surface area (Å²) in [5.41, 5.74) is 0. The molecule has 3 heteroatoms. The molecule has 0 bridgehead atoms. The standard InChI is InChI=1S/C12H23.2ClH.Mg/c1-3-5-7-9-11-12-10-8-6-4-2;;;/h6,8H,1,3-5,7,9-12H2,2H3;2*1H;/q;;;+2/p-2/b8-6-;;;. The Morgan fingerprint density at radius 3 is 2.07 bits per heavy atom. The number of halogens is 2. The van der Waals surface area contributed by atoms with Gasteiger partial charge in [0, 0.05) is 0 Å². The molecule has 0 saturated heterocycles. The molecule has 0 aromatic rings. The molecule has 87 valence electrons. The van der Waals surface area contributed by atoms with Crippen LogP contribution in [0.25, 0.3) is 0 Å². The molecule has 1 radical (unpaired) electrons. The fourth-order valence-corrected chi connectivity index (χ4v) is 1.25. The summed E-state index contributed by atoms with van der Waals surface area (Å²) in [6, 6.07) is 0. The molecule has 0 aliphatic heterocycles. The second-order valence-corrected chi connectivity index (χ2v) is 6.02. The van der Waals surface area contributed by atoms with Gasteiger partial charge in [0.05, 0.1) is 0 Å². The van der Waals surface area contributed by atoms with Crippen LogP contribution in [0.5, 0.6) is 0 Å². The van der Waals surface area contributed by atoms with E-state index in [1.54, 1.807) is 0 Å². The minimum atomic E-state index is -0.639. The maximum atomic E-state index is 4.90. The number of rotatable bonds is 8. The highest BCUT2D eigenvalue weighted by molar-refractivity contribution is 7.22. The van der Waals surface area contributed by atoms with Gasteiger partial charge in [-0.3, -0.25) is 0 Å². The van der Waals surface area contributed by atoms with Crippen LogP contribution < -0.4 is 0 Å². The molecule has 15 heavy (non-hydrogen) atoms. The van der Waals surface area contributed by atoms with E-state index < -0.39 is 18.2 Å². The summed E-state index contributed by atoms with van der Waals surface area (Å²) in [6.07, 6.45) is 15.0. The molecule has 0 amide bonds. The number of allylic oxidation sites excluding steroid dienone is 2. The smallest absolute Gasteiger partial charge is 0.309 e. The third kappa shape index (κ3) is 25.4. The van der Waals surface area contributed by atoms with Gasteiger partial charge in [-0.15, -0.1) is 0 Å². The van der Waals surface area contributed by atoms with Crippen molar-refractivity contribution in [2.75, 3.05) is 0 Å². The molecular weight excluding hydrogens is 239 g/mol. The first-order chi connectivity index (χ1) is 7.33. The van der Waals surface area contributed by atoms with Crippen LogP contribution in [0.15, 0.2) is 12.2 Å². The average Bonchev–Trinajstić information content (AvgIpc) is 2.23. The Labute approximate surface area is 113 Å². The van der Waals surface area contributed by atoms with Crippen molar-refractivity contribution < 1.29 is 0 Å². The first-order valence-electron chi connectivity index (χ1n) is 5.89. The lowest BCUT2D eigenvalue weighted by Crippen LogP contribution is -1.77. The lowest BCUT2D eigenvalue weighted by atomic mass is 10.1. The SMILES string of the molecule is [CH2]CCCCCCC/C=C\CC.[Cl][Mg][Cl]. The molecule has 0 aromatic heterocycles. The van der Waals surface area contributed by atoms with Crippen LogP contribution in [0.3, 0.4) is 0 Å². The third-order valence-electron chi connectivity index (χ3n) is 2.02. The fraction of sp³-hybridized carbons (Fsp3) is 0.750. The van der Waals surface area contributed by atoms with Gasteiger partial charge >= 0.3 is 18.2 Å². The first-order valence-corrected chi connectivity index (χ1v) is 10.2. The number of unbranched alkanes of at least 4 members (excludes halogenated alkanes) is 6. The fourth-order valence-electron chi connectivity index (χ4n) is 1.25. The molecule has 0 saturated carbocycles. The molecule has 0 fully saturated rings. The second kappa shape index (κ2) is 20.5. The summed E-state index contributed by atoms with van der Waals surface area (Å²) >= 11 is -0.639. The number of hydrogen-bond donors (Lipinski definition) is 0.